The van der Waals surface area contributed by atoms with Crippen molar-refractivity contribution in [1.29, 1.82) is 0 Å². The Kier molecular flexibility index (Phi) is 1.23. The van der Waals surface area contributed by atoms with Crippen LogP contribution in [0, 0.1) is 6.10 Å². The minimum atomic E-state index is 0.211. The zero-order chi connectivity index (χ0) is 7.84. The Hall–Kier alpha value is -1.28. The Balaban J connectivity index is 2.65. The summed E-state index contributed by atoms with van der Waals surface area (Å²) in [5.41, 5.74) is 1.40. The Morgan fingerprint density at radius 3 is 2.55 bits per heavy atom. The van der Waals surface area contributed by atoms with Gasteiger partial charge in [0.05, 0.1) is 0 Å². The molecule has 0 saturated carbocycles. The number of phenolic OH excluding ortho intramolecular Hbond substituents is 1. The van der Waals surface area contributed by atoms with Crippen LogP contribution in [0.3, 0.4) is 0 Å². The van der Waals surface area contributed by atoms with Crippen molar-refractivity contribution in [3.63, 3.8) is 0 Å². The molecule has 2 nitrogen and oxygen atoms in total. The van der Waals surface area contributed by atoms with Gasteiger partial charge in [0.2, 0.25) is 0 Å². The van der Waals surface area contributed by atoms with E-state index in [1.807, 2.05) is 0 Å². The molecule has 0 aliphatic heterocycles. The molecule has 0 atom stereocenters. The maximum atomic E-state index is 9.27. The van der Waals surface area contributed by atoms with E-state index in [2.05, 4.69) is 0 Å². The van der Waals surface area contributed by atoms with Crippen molar-refractivity contribution in [1.82, 2.24) is 0 Å². The number of benzene rings is 1. The van der Waals surface area contributed by atoms with Gasteiger partial charge in [0.25, 0.3) is 0 Å². The molecule has 0 spiro atoms. The van der Waals surface area contributed by atoms with Gasteiger partial charge < -0.3 is 10.2 Å². The van der Waals surface area contributed by atoms with E-state index >= 15 is 0 Å². The number of rotatable bonds is 0. The first-order valence-electron chi connectivity index (χ1n) is 3.35. The van der Waals surface area contributed by atoms with E-state index in [0.29, 0.717) is 11.1 Å². The fourth-order valence-corrected chi connectivity index (χ4v) is 1.20. The number of fused-ring (bicyclic) bond motifs is 1. The largest absolute Gasteiger partial charge is 0.507 e. The number of aromatic hydroxyl groups is 1. The molecule has 1 aliphatic rings. The van der Waals surface area contributed by atoms with Gasteiger partial charge in [-0.25, -0.2) is 0 Å². The highest BCUT2D eigenvalue weighted by molar-refractivity contribution is 5.71. The summed E-state index contributed by atoms with van der Waals surface area (Å²) in [6, 6.07) is 5.07. The highest BCUT2D eigenvalue weighted by Gasteiger charge is 2.17. The predicted molar refractivity (Wildman–Crippen MR) is 41.4 cm³/mol. The lowest BCUT2D eigenvalue weighted by atomic mass is 10.1. The van der Waals surface area contributed by atoms with Gasteiger partial charge in [-0.15, -0.1) is 0 Å². The van der Waals surface area contributed by atoms with Crippen molar-refractivity contribution in [2.45, 2.75) is 0 Å². The first-order chi connectivity index (χ1) is 5.29. The molecule has 55 valence electrons. The summed E-state index contributed by atoms with van der Waals surface area (Å²) in [5, 5.41) is 18.5. The van der Waals surface area contributed by atoms with Gasteiger partial charge in [-0.1, -0.05) is 18.2 Å². The maximum Gasteiger partial charge on any atom is 0.145 e. The fourth-order valence-electron chi connectivity index (χ4n) is 1.20. The SMILES string of the molecule is O[C]1C=Cc2c(O)cccc21. The molecule has 2 N–H and O–H groups in total. The second-order valence-corrected chi connectivity index (χ2v) is 2.46. The summed E-state index contributed by atoms with van der Waals surface area (Å²) < 4.78 is 0. The van der Waals surface area contributed by atoms with Gasteiger partial charge in [0, 0.05) is 11.1 Å². The minimum Gasteiger partial charge on any atom is -0.507 e. The van der Waals surface area contributed by atoms with Crippen LogP contribution >= 0.6 is 0 Å². The number of hydrogen-bond donors (Lipinski definition) is 2. The lowest BCUT2D eigenvalue weighted by molar-refractivity contribution is 0.365. The van der Waals surface area contributed by atoms with E-state index in [-0.39, 0.29) is 11.9 Å². The van der Waals surface area contributed by atoms with E-state index < -0.39 is 0 Å². The van der Waals surface area contributed by atoms with Gasteiger partial charge >= 0.3 is 0 Å². The summed E-state index contributed by atoms with van der Waals surface area (Å²) in [5.74, 6) is 0.211. The van der Waals surface area contributed by atoms with Crippen LogP contribution in [0.5, 0.6) is 5.75 Å². The van der Waals surface area contributed by atoms with Gasteiger partial charge in [0.15, 0.2) is 0 Å². The van der Waals surface area contributed by atoms with Gasteiger partial charge in [-0.05, 0) is 12.1 Å². The molecule has 2 rings (SSSR count). The summed E-state index contributed by atoms with van der Waals surface area (Å²) in [7, 11) is 0. The summed E-state index contributed by atoms with van der Waals surface area (Å²) in [4.78, 5) is 0. The zero-order valence-corrected chi connectivity index (χ0v) is 5.78. The van der Waals surface area contributed by atoms with Crippen molar-refractivity contribution in [3.05, 3.63) is 41.5 Å². The highest BCUT2D eigenvalue weighted by Crippen LogP contribution is 2.32. The molecule has 1 aliphatic carbocycles. The molecule has 1 radical (unpaired) electrons. The molecule has 0 saturated heterocycles. The zero-order valence-electron chi connectivity index (χ0n) is 5.78. The first kappa shape index (κ1) is 6.43. The third-order valence-corrected chi connectivity index (χ3v) is 1.77. The predicted octanol–water partition coefficient (Wildman–Crippen LogP) is 1.67. The van der Waals surface area contributed by atoms with Crippen LogP contribution in [0.4, 0.5) is 0 Å². The lowest BCUT2D eigenvalue weighted by Crippen LogP contribution is -1.90. The Morgan fingerprint density at radius 1 is 1.00 bits per heavy atom. The van der Waals surface area contributed by atoms with Crippen LogP contribution in [-0.2, 0) is 0 Å². The second-order valence-electron chi connectivity index (χ2n) is 2.46. The van der Waals surface area contributed by atoms with Gasteiger partial charge in [-0.3, -0.25) is 0 Å². The molecule has 0 fully saturated rings. The van der Waals surface area contributed by atoms with E-state index in [1.165, 1.54) is 0 Å². The molecule has 0 amide bonds. The van der Waals surface area contributed by atoms with E-state index in [9.17, 15) is 10.2 Å². The van der Waals surface area contributed by atoms with E-state index in [4.69, 9.17) is 0 Å². The smallest absolute Gasteiger partial charge is 0.145 e. The number of hydrogen-bond acceptors (Lipinski definition) is 2. The lowest BCUT2D eigenvalue weighted by Gasteiger charge is -2.02. The topological polar surface area (TPSA) is 40.5 Å². The number of aliphatic hydroxyl groups is 1. The highest BCUT2D eigenvalue weighted by atomic mass is 16.3. The van der Waals surface area contributed by atoms with Crippen molar-refractivity contribution in [3.8, 4) is 5.75 Å². The Morgan fingerprint density at radius 2 is 1.82 bits per heavy atom. The summed E-state index contributed by atoms with van der Waals surface area (Å²) in [6.45, 7) is 0. The van der Waals surface area contributed by atoms with Crippen molar-refractivity contribution in [2.24, 2.45) is 0 Å². The van der Waals surface area contributed by atoms with Crippen LogP contribution < -0.4 is 0 Å². The molecular formula is C9H7O2. The van der Waals surface area contributed by atoms with Crippen LogP contribution in [-0.4, -0.2) is 10.2 Å². The number of aliphatic hydroxyl groups excluding tert-OH is 1. The van der Waals surface area contributed by atoms with E-state index in [0.717, 1.165) is 0 Å². The van der Waals surface area contributed by atoms with Crippen molar-refractivity contribution >= 4 is 6.08 Å². The average molecular weight is 147 g/mol. The maximum absolute atomic E-state index is 9.27. The van der Waals surface area contributed by atoms with Crippen LogP contribution in [0.25, 0.3) is 6.08 Å². The molecule has 1 aromatic carbocycles. The third-order valence-electron chi connectivity index (χ3n) is 1.77. The molecule has 1 aromatic rings. The molecule has 0 aromatic heterocycles. The van der Waals surface area contributed by atoms with Crippen LogP contribution in [0.15, 0.2) is 24.3 Å². The Labute approximate surface area is 64.4 Å². The van der Waals surface area contributed by atoms with Crippen molar-refractivity contribution in [2.75, 3.05) is 0 Å². The minimum absolute atomic E-state index is 0.211. The summed E-state index contributed by atoms with van der Waals surface area (Å²) in [6.07, 6.45) is 3.49. The van der Waals surface area contributed by atoms with Gasteiger partial charge in [0.1, 0.15) is 11.9 Å². The van der Waals surface area contributed by atoms with Gasteiger partial charge in [-0.2, -0.15) is 0 Å². The monoisotopic (exact) mass is 147 g/mol. The second kappa shape index (κ2) is 2.10. The Bertz CT molecular complexity index is 315. The van der Waals surface area contributed by atoms with Crippen molar-refractivity contribution < 1.29 is 10.2 Å². The first-order valence-corrected chi connectivity index (χ1v) is 3.35. The molecule has 2 heteroatoms. The molecule has 0 unspecified atom stereocenters. The standard InChI is InChI=1S/C9H7O2/c10-8-3-1-2-6-7(8)4-5-9(6)11/h1-5,10-11H. The molecule has 0 heterocycles. The number of phenols is 1. The average Bonchev–Trinajstić information content (AvgIpc) is 2.35. The molecule has 0 bridgehead atoms. The fraction of sp³-hybridized carbons (Fsp3) is 0. The quantitative estimate of drug-likeness (QED) is 0.586. The summed E-state index contributed by atoms with van der Waals surface area (Å²) >= 11 is 0. The normalized spacial score (nSPS) is 15.4. The molecular weight excluding hydrogens is 140 g/mol. The third kappa shape index (κ3) is 0.835. The van der Waals surface area contributed by atoms with Crippen LogP contribution in [0.1, 0.15) is 11.1 Å². The molecule has 11 heavy (non-hydrogen) atoms. The van der Waals surface area contributed by atoms with E-state index in [1.54, 1.807) is 30.4 Å². The van der Waals surface area contributed by atoms with Crippen LogP contribution in [0.2, 0.25) is 0 Å².